The van der Waals surface area contributed by atoms with Crippen LogP contribution in [0.15, 0.2) is 12.1 Å². The molecule has 0 saturated carbocycles. The number of benzene rings is 1. The molecule has 0 saturated heterocycles. The molecule has 0 radical (unpaired) electrons. The second-order valence-corrected chi connectivity index (χ2v) is 5.59. The summed E-state index contributed by atoms with van der Waals surface area (Å²) in [6.45, 7) is 2.07. The quantitative estimate of drug-likeness (QED) is 0.874. The van der Waals surface area contributed by atoms with Gasteiger partial charge in [0.2, 0.25) is 5.75 Å². The maximum Gasteiger partial charge on any atom is 0.204 e. The number of fused-ring (bicyclic) bond motifs is 1. The Morgan fingerprint density at radius 2 is 2.15 bits per heavy atom. The smallest absolute Gasteiger partial charge is 0.204 e. The molecular weight excluding hydrogens is 276 g/mol. The van der Waals surface area contributed by atoms with E-state index in [2.05, 4.69) is 6.92 Å². The van der Waals surface area contributed by atoms with E-state index in [9.17, 15) is 5.11 Å². The highest BCUT2D eigenvalue weighted by Gasteiger charge is 2.24. The third kappa shape index (κ3) is 2.88. The summed E-state index contributed by atoms with van der Waals surface area (Å²) < 4.78 is 16.7. The van der Waals surface area contributed by atoms with Gasteiger partial charge in [0.05, 0.1) is 20.8 Å². The predicted molar refractivity (Wildman–Crippen MR) is 81.7 cm³/mol. The summed E-state index contributed by atoms with van der Waals surface area (Å²) >= 11 is 1.74. The Kier molecular flexibility index (Phi) is 5.20. The molecule has 1 atom stereocenters. The van der Waals surface area contributed by atoms with Crippen LogP contribution in [0.3, 0.4) is 0 Å². The number of hydrogen-bond acceptors (Lipinski definition) is 5. The van der Waals surface area contributed by atoms with Crippen LogP contribution in [0, 0.1) is 0 Å². The number of hydrogen-bond donors (Lipinski definition) is 1. The van der Waals surface area contributed by atoms with Crippen molar-refractivity contribution in [3.05, 3.63) is 23.3 Å². The molecule has 1 aromatic rings. The molecule has 20 heavy (non-hydrogen) atoms. The highest BCUT2D eigenvalue weighted by atomic mass is 32.2. The number of thioether (sulfide) groups is 1. The van der Waals surface area contributed by atoms with Crippen LogP contribution >= 0.6 is 11.8 Å². The Labute approximate surface area is 123 Å². The summed E-state index contributed by atoms with van der Waals surface area (Å²) in [6.07, 6.45) is 5.09. The molecule has 0 aliphatic carbocycles. The van der Waals surface area contributed by atoms with Crippen molar-refractivity contribution in [2.24, 2.45) is 0 Å². The lowest BCUT2D eigenvalue weighted by molar-refractivity contribution is 0.269. The number of aliphatic hydroxyl groups excluding tert-OH is 1. The normalized spacial score (nSPS) is 16.5. The van der Waals surface area contributed by atoms with Crippen molar-refractivity contribution in [1.82, 2.24) is 0 Å². The molecule has 1 aromatic carbocycles. The van der Waals surface area contributed by atoms with E-state index < -0.39 is 0 Å². The van der Waals surface area contributed by atoms with Crippen LogP contribution in [-0.2, 0) is 6.61 Å². The molecule has 0 aromatic heterocycles. The zero-order valence-electron chi connectivity index (χ0n) is 12.0. The Bertz CT molecular complexity index is 499. The molecule has 110 valence electrons. The lowest BCUT2D eigenvalue weighted by atomic mass is 10.0. The molecule has 1 unspecified atom stereocenters. The maximum absolute atomic E-state index is 9.49. The maximum atomic E-state index is 9.49. The van der Waals surface area contributed by atoms with E-state index in [1.165, 1.54) is 0 Å². The van der Waals surface area contributed by atoms with Crippen molar-refractivity contribution in [2.75, 3.05) is 20.0 Å². The zero-order chi connectivity index (χ0) is 14.5. The first-order valence-electron chi connectivity index (χ1n) is 6.60. The van der Waals surface area contributed by atoms with Crippen LogP contribution in [0.5, 0.6) is 17.2 Å². The van der Waals surface area contributed by atoms with Crippen LogP contribution in [0.4, 0.5) is 0 Å². The summed E-state index contributed by atoms with van der Waals surface area (Å²) in [7, 11) is 3.17. The van der Waals surface area contributed by atoms with Crippen molar-refractivity contribution in [1.29, 1.82) is 0 Å². The first kappa shape index (κ1) is 15.1. The van der Waals surface area contributed by atoms with Gasteiger partial charge in [0.25, 0.3) is 0 Å². The number of aliphatic hydroxyl groups is 1. The van der Waals surface area contributed by atoms with Gasteiger partial charge in [-0.2, -0.15) is 0 Å². The van der Waals surface area contributed by atoms with Crippen LogP contribution in [0.1, 0.15) is 24.5 Å². The van der Waals surface area contributed by atoms with Crippen LogP contribution in [-0.4, -0.2) is 30.5 Å². The Hall–Kier alpha value is -1.33. The molecular formula is C15H20O4S. The molecule has 5 heteroatoms. The van der Waals surface area contributed by atoms with Crippen molar-refractivity contribution in [3.63, 3.8) is 0 Å². The van der Waals surface area contributed by atoms with Gasteiger partial charge in [0, 0.05) is 5.56 Å². The summed E-state index contributed by atoms with van der Waals surface area (Å²) in [5.74, 6) is 2.83. The van der Waals surface area contributed by atoms with Crippen LogP contribution in [0.2, 0.25) is 0 Å². The van der Waals surface area contributed by atoms with Gasteiger partial charge in [-0.1, -0.05) is 13.0 Å². The van der Waals surface area contributed by atoms with Gasteiger partial charge in [-0.3, -0.25) is 0 Å². The van der Waals surface area contributed by atoms with Crippen LogP contribution < -0.4 is 14.2 Å². The second kappa shape index (κ2) is 6.90. The molecule has 0 spiro atoms. The van der Waals surface area contributed by atoms with E-state index >= 15 is 0 Å². The van der Waals surface area contributed by atoms with Crippen molar-refractivity contribution < 1.29 is 19.3 Å². The largest absolute Gasteiger partial charge is 0.493 e. The van der Waals surface area contributed by atoms with Crippen molar-refractivity contribution in [3.8, 4) is 17.2 Å². The Morgan fingerprint density at radius 1 is 1.35 bits per heavy atom. The van der Waals surface area contributed by atoms with E-state index in [0.29, 0.717) is 17.2 Å². The summed E-state index contributed by atoms with van der Waals surface area (Å²) in [6, 6.07) is 1.78. The van der Waals surface area contributed by atoms with E-state index in [1.807, 2.05) is 12.2 Å². The number of methoxy groups -OCH3 is 2. The minimum Gasteiger partial charge on any atom is -0.493 e. The van der Waals surface area contributed by atoms with E-state index in [0.717, 1.165) is 23.3 Å². The first-order chi connectivity index (χ1) is 9.74. The number of ether oxygens (including phenoxy) is 3. The topological polar surface area (TPSA) is 47.9 Å². The Balaban J connectivity index is 2.41. The lowest BCUT2D eigenvalue weighted by Crippen LogP contribution is -2.15. The van der Waals surface area contributed by atoms with Gasteiger partial charge in [0.15, 0.2) is 16.9 Å². The average Bonchev–Trinajstić information content (AvgIpc) is 2.50. The van der Waals surface area contributed by atoms with Gasteiger partial charge < -0.3 is 19.3 Å². The predicted octanol–water partition coefficient (Wildman–Crippen LogP) is 3.07. The number of rotatable bonds is 6. The fourth-order valence-corrected chi connectivity index (χ4v) is 2.93. The van der Waals surface area contributed by atoms with Crippen molar-refractivity contribution >= 4 is 17.8 Å². The fourth-order valence-electron chi connectivity index (χ4n) is 2.11. The molecule has 0 fully saturated rings. The second-order valence-electron chi connectivity index (χ2n) is 4.39. The van der Waals surface area contributed by atoms with E-state index in [1.54, 1.807) is 32.0 Å². The molecule has 0 bridgehead atoms. The van der Waals surface area contributed by atoms with Gasteiger partial charge in [0.1, 0.15) is 0 Å². The molecule has 4 nitrogen and oxygen atoms in total. The third-order valence-corrected chi connectivity index (χ3v) is 4.29. The monoisotopic (exact) mass is 296 g/mol. The van der Waals surface area contributed by atoms with Gasteiger partial charge in [-0.25, -0.2) is 0 Å². The molecule has 0 amide bonds. The van der Waals surface area contributed by atoms with Gasteiger partial charge in [-0.05, 0) is 29.9 Å². The SMILES string of the molecule is CCCSC1C=Cc2c(CO)cc(OC)c(OC)c2O1. The molecule has 1 aliphatic heterocycles. The van der Waals surface area contributed by atoms with E-state index in [-0.39, 0.29) is 12.0 Å². The highest BCUT2D eigenvalue weighted by molar-refractivity contribution is 7.99. The summed E-state index contributed by atoms with van der Waals surface area (Å²) in [4.78, 5) is 0. The Morgan fingerprint density at radius 3 is 2.75 bits per heavy atom. The first-order valence-corrected chi connectivity index (χ1v) is 7.65. The fraction of sp³-hybridized carbons (Fsp3) is 0.467. The van der Waals surface area contributed by atoms with Crippen molar-refractivity contribution in [2.45, 2.75) is 25.4 Å². The summed E-state index contributed by atoms with van der Waals surface area (Å²) in [5.41, 5.74) is 1.60. The van der Waals surface area contributed by atoms with E-state index in [4.69, 9.17) is 14.2 Å². The molecule has 1 aliphatic rings. The van der Waals surface area contributed by atoms with Gasteiger partial charge in [-0.15, -0.1) is 11.8 Å². The average molecular weight is 296 g/mol. The minimum atomic E-state index is -0.0663. The lowest BCUT2D eigenvalue weighted by Gasteiger charge is -2.25. The molecule has 2 rings (SSSR count). The van der Waals surface area contributed by atoms with Crippen LogP contribution in [0.25, 0.3) is 6.08 Å². The summed E-state index contributed by atoms with van der Waals surface area (Å²) in [5, 5.41) is 9.49. The minimum absolute atomic E-state index is 0.0324. The highest BCUT2D eigenvalue weighted by Crippen LogP contribution is 2.45. The molecule has 1 N–H and O–H groups in total. The third-order valence-electron chi connectivity index (χ3n) is 3.06. The van der Waals surface area contributed by atoms with Gasteiger partial charge >= 0.3 is 0 Å². The zero-order valence-corrected chi connectivity index (χ0v) is 12.8. The standard InChI is InChI=1S/C15H20O4S/c1-4-7-20-13-6-5-11-10(9-16)8-12(17-2)15(18-3)14(11)19-13/h5-6,8,13,16H,4,7,9H2,1-3H3. The molecule has 1 heterocycles.